The second-order valence-electron chi connectivity index (χ2n) is 2.89. The maximum absolute atomic E-state index is 13.0. The van der Waals surface area contributed by atoms with Crippen LogP contribution in [0.25, 0.3) is 16.5 Å². The van der Waals surface area contributed by atoms with E-state index in [2.05, 4.69) is 10.0 Å². The molecule has 0 radical (unpaired) electrons. The average Bonchev–Trinajstić information content (AvgIpc) is 2.24. The monoisotopic (exact) mass is 206 g/mol. The first kappa shape index (κ1) is 11.1. The van der Waals surface area contributed by atoms with Crippen molar-refractivity contribution in [1.29, 1.82) is 0 Å². The summed E-state index contributed by atoms with van der Waals surface area (Å²) >= 11 is 0. The Morgan fingerprint density at radius 1 is 1.53 bits per heavy atom. The minimum atomic E-state index is -0.424. The van der Waals surface area contributed by atoms with E-state index in [0.717, 1.165) is 0 Å². The fourth-order valence-corrected chi connectivity index (χ4v) is 1.09. The zero-order valence-corrected chi connectivity index (χ0v) is 8.10. The van der Waals surface area contributed by atoms with Gasteiger partial charge in [-0.2, -0.15) is 0 Å². The smallest absolute Gasteiger partial charge is 0.146 e. The summed E-state index contributed by atoms with van der Waals surface area (Å²) in [7, 11) is 0. The molecule has 15 heavy (non-hydrogen) atoms. The Labute approximate surface area is 86.8 Å². The van der Waals surface area contributed by atoms with Crippen LogP contribution in [0.4, 0.5) is 10.1 Å². The molecule has 0 aromatic heterocycles. The van der Waals surface area contributed by atoms with Gasteiger partial charge in [0, 0.05) is 17.0 Å². The Bertz CT molecular complexity index is 408. The Kier molecular flexibility index (Phi) is 4.19. The van der Waals surface area contributed by atoms with E-state index in [0.29, 0.717) is 18.5 Å². The van der Waals surface area contributed by atoms with Crippen molar-refractivity contribution in [3.63, 3.8) is 0 Å². The van der Waals surface area contributed by atoms with E-state index < -0.39 is 5.82 Å². The highest BCUT2D eigenvalue weighted by Gasteiger charge is 1.99. The molecule has 0 fully saturated rings. The molecule has 78 valence electrons. The molecule has 2 N–H and O–H groups in total. The number of hydrogen-bond donors (Lipinski definition) is 1. The lowest BCUT2D eigenvalue weighted by Gasteiger charge is -2.00. The van der Waals surface area contributed by atoms with Crippen LogP contribution in [0.15, 0.2) is 29.4 Å². The van der Waals surface area contributed by atoms with Gasteiger partial charge in [0.05, 0.1) is 5.69 Å². The number of para-hydroxylation sites is 1. The number of anilines is 1. The number of benzene rings is 1. The van der Waals surface area contributed by atoms with Gasteiger partial charge in [-0.1, -0.05) is 29.4 Å². The van der Waals surface area contributed by atoms with Gasteiger partial charge in [-0.05, 0) is 18.0 Å². The van der Waals surface area contributed by atoms with Gasteiger partial charge < -0.3 is 5.73 Å². The van der Waals surface area contributed by atoms with Crippen molar-refractivity contribution in [2.75, 3.05) is 12.3 Å². The summed E-state index contributed by atoms with van der Waals surface area (Å²) in [6.07, 6.45) is 4.12. The normalized spacial score (nSPS) is 10.2. The van der Waals surface area contributed by atoms with Gasteiger partial charge in [0.2, 0.25) is 0 Å². The van der Waals surface area contributed by atoms with Crippen molar-refractivity contribution < 1.29 is 4.39 Å². The van der Waals surface area contributed by atoms with Crippen molar-refractivity contribution in [1.82, 2.24) is 0 Å². The highest BCUT2D eigenvalue weighted by Crippen LogP contribution is 2.17. The number of rotatable bonds is 4. The summed E-state index contributed by atoms with van der Waals surface area (Å²) in [6, 6.07) is 4.63. The van der Waals surface area contributed by atoms with Crippen LogP contribution in [0.2, 0.25) is 0 Å². The Balaban J connectivity index is 2.64. The second-order valence-corrected chi connectivity index (χ2v) is 2.89. The SMILES string of the molecule is [N-]=[N+]=NCCC=Cc1cccc(F)c1N. The molecule has 0 atom stereocenters. The summed E-state index contributed by atoms with van der Waals surface area (Å²) in [4.78, 5) is 2.62. The molecule has 0 aliphatic rings. The van der Waals surface area contributed by atoms with Gasteiger partial charge in [0.25, 0.3) is 0 Å². The summed E-state index contributed by atoms with van der Waals surface area (Å²) in [5.74, 6) is -0.424. The number of hydrogen-bond acceptors (Lipinski definition) is 2. The maximum Gasteiger partial charge on any atom is 0.146 e. The zero-order chi connectivity index (χ0) is 11.1. The van der Waals surface area contributed by atoms with Crippen LogP contribution in [-0.2, 0) is 0 Å². The first-order chi connectivity index (χ1) is 7.25. The number of nitrogens with zero attached hydrogens (tertiary/aromatic N) is 3. The lowest BCUT2D eigenvalue weighted by atomic mass is 10.1. The lowest BCUT2D eigenvalue weighted by molar-refractivity contribution is 0.632. The molecule has 0 amide bonds. The third-order valence-corrected chi connectivity index (χ3v) is 1.84. The van der Waals surface area contributed by atoms with Crippen LogP contribution >= 0.6 is 0 Å². The molecule has 0 aliphatic heterocycles. The van der Waals surface area contributed by atoms with Crippen molar-refractivity contribution in [3.8, 4) is 0 Å². The summed E-state index contributed by atoms with van der Waals surface area (Å²) in [5, 5.41) is 3.37. The van der Waals surface area contributed by atoms with Crippen LogP contribution in [0.5, 0.6) is 0 Å². The molecule has 0 bridgehead atoms. The summed E-state index contributed by atoms with van der Waals surface area (Å²) in [6.45, 7) is 0.391. The minimum Gasteiger partial charge on any atom is -0.396 e. The van der Waals surface area contributed by atoms with Gasteiger partial charge in [0.1, 0.15) is 5.82 Å². The first-order valence-electron chi connectivity index (χ1n) is 4.47. The highest BCUT2D eigenvalue weighted by molar-refractivity contribution is 5.64. The van der Waals surface area contributed by atoms with E-state index in [9.17, 15) is 4.39 Å². The van der Waals surface area contributed by atoms with E-state index in [1.807, 2.05) is 0 Å². The largest absolute Gasteiger partial charge is 0.396 e. The topological polar surface area (TPSA) is 74.8 Å². The summed E-state index contributed by atoms with van der Waals surface area (Å²) in [5.41, 5.74) is 14.3. The van der Waals surface area contributed by atoms with Crippen molar-refractivity contribution in [2.24, 2.45) is 5.11 Å². The lowest BCUT2D eigenvalue weighted by Crippen LogP contribution is -1.93. The van der Waals surface area contributed by atoms with Crippen LogP contribution in [0.1, 0.15) is 12.0 Å². The molecule has 0 aliphatic carbocycles. The number of azide groups is 1. The van der Waals surface area contributed by atoms with Crippen molar-refractivity contribution in [2.45, 2.75) is 6.42 Å². The van der Waals surface area contributed by atoms with Gasteiger partial charge in [0.15, 0.2) is 0 Å². The Morgan fingerprint density at radius 2 is 2.33 bits per heavy atom. The number of nitrogens with two attached hydrogens (primary N) is 1. The van der Waals surface area contributed by atoms with Gasteiger partial charge >= 0.3 is 0 Å². The van der Waals surface area contributed by atoms with Crippen LogP contribution in [0, 0.1) is 5.82 Å². The second kappa shape index (κ2) is 5.67. The fourth-order valence-electron chi connectivity index (χ4n) is 1.09. The van der Waals surface area contributed by atoms with Crippen LogP contribution in [-0.4, -0.2) is 6.54 Å². The molecule has 0 unspecified atom stereocenters. The van der Waals surface area contributed by atoms with Crippen molar-refractivity contribution >= 4 is 11.8 Å². The third kappa shape index (κ3) is 3.32. The molecular formula is C10H11FN4. The molecule has 5 heteroatoms. The molecule has 0 heterocycles. The average molecular weight is 206 g/mol. The molecule has 0 saturated heterocycles. The molecule has 0 spiro atoms. The predicted molar refractivity (Wildman–Crippen MR) is 58.5 cm³/mol. The molecule has 4 nitrogen and oxygen atoms in total. The molecule has 1 rings (SSSR count). The van der Waals surface area contributed by atoms with Gasteiger partial charge in [-0.3, -0.25) is 0 Å². The van der Waals surface area contributed by atoms with E-state index in [4.69, 9.17) is 11.3 Å². The minimum absolute atomic E-state index is 0.137. The number of halogens is 1. The van der Waals surface area contributed by atoms with Gasteiger partial charge in [-0.15, -0.1) is 0 Å². The van der Waals surface area contributed by atoms with E-state index >= 15 is 0 Å². The van der Waals surface area contributed by atoms with Crippen LogP contribution in [0.3, 0.4) is 0 Å². The summed E-state index contributed by atoms with van der Waals surface area (Å²) < 4.78 is 13.0. The molecule has 0 saturated carbocycles. The third-order valence-electron chi connectivity index (χ3n) is 1.84. The van der Waals surface area contributed by atoms with E-state index in [-0.39, 0.29) is 5.69 Å². The Hall–Kier alpha value is -2.00. The fraction of sp³-hybridized carbons (Fsp3) is 0.200. The van der Waals surface area contributed by atoms with Gasteiger partial charge in [-0.25, -0.2) is 4.39 Å². The molecular weight excluding hydrogens is 195 g/mol. The van der Waals surface area contributed by atoms with E-state index in [1.165, 1.54) is 6.07 Å². The predicted octanol–water partition coefficient (Wildman–Crippen LogP) is 3.12. The quantitative estimate of drug-likeness (QED) is 0.265. The molecule has 1 aromatic carbocycles. The molecule has 1 aromatic rings. The van der Waals surface area contributed by atoms with E-state index in [1.54, 1.807) is 24.3 Å². The standard InChI is InChI=1S/C10H11FN4/c11-9-6-3-5-8(10(9)12)4-1-2-7-14-15-13/h1,3-6H,2,7,12H2. The Morgan fingerprint density at radius 3 is 3.07 bits per heavy atom. The first-order valence-corrected chi connectivity index (χ1v) is 4.47. The number of nitrogen functional groups attached to an aromatic ring is 1. The highest BCUT2D eigenvalue weighted by atomic mass is 19.1. The maximum atomic E-state index is 13.0. The van der Waals surface area contributed by atoms with Crippen LogP contribution < -0.4 is 5.73 Å². The van der Waals surface area contributed by atoms with Crippen molar-refractivity contribution in [3.05, 3.63) is 46.1 Å². The zero-order valence-electron chi connectivity index (χ0n) is 8.10.